The number of nitrogens with two attached hydrogens (primary N) is 2. The molecule has 13 heteroatoms. The Labute approximate surface area is 235 Å². The van der Waals surface area contributed by atoms with E-state index >= 15 is 4.39 Å². The predicted octanol–water partition coefficient (Wildman–Crippen LogP) is 4.22. The monoisotopic (exact) mass is 582 g/mol. The smallest absolute Gasteiger partial charge is 0.417 e. The third-order valence-electron chi connectivity index (χ3n) is 9.06. The standard InChI is InChI=1S/C28H35F5N6O2/c1-15-9-19(35)24(30)22(23(15)28(31,32)33)21-10-20-18(13-40-21)25(38-7-3-17(34)4-8-38)37-26(36-20)41-14-27-5-2-6-39(27)12-16(29)11-27/h9,16-17,21H,2-8,10-14,34-35H2,1H3. The summed E-state index contributed by atoms with van der Waals surface area (Å²) < 4.78 is 83.9. The molecule has 41 heavy (non-hydrogen) atoms. The van der Waals surface area contributed by atoms with E-state index in [9.17, 15) is 17.6 Å². The van der Waals surface area contributed by atoms with Crippen LogP contribution in [-0.4, -0.2) is 65.4 Å². The quantitative estimate of drug-likeness (QED) is 0.399. The number of piperidine rings is 1. The molecule has 3 atom stereocenters. The lowest BCUT2D eigenvalue weighted by Gasteiger charge is -2.35. The van der Waals surface area contributed by atoms with Crippen LogP contribution in [0.5, 0.6) is 6.01 Å². The van der Waals surface area contributed by atoms with Gasteiger partial charge in [-0.15, -0.1) is 0 Å². The third kappa shape index (κ3) is 5.20. The first kappa shape index (κ1) is 28.4. The normalized spacial score (nSPS) is 27.2. The first-order valence-electron chi connectivity index (χ1n) is 14.1. The van der Waals surface area contributed by atoms with Gasteiger partial charge in [-0.05, 0) is 50.8 Å². The van der Waals surface area contributed by atoms with Gasteiger partial charge >= 0.3 is 12.2 Å². The van der Waals surface area contributed by atoms with Gasteiger partial charge in [0.05, 0.1) is 35.2 Å². The summed E-state index contributed by atoms with van der Waals surface area (Å²) in [4.78, 5) is 13.5. The number of nitrogen functional groups attached to an aromatic ring is 1. The second-order valence-electron chi connectivity index (χ2n) is 11.8. The molecule has 3 saturated heterocycles. The summed E-state index contributed by atoms with van der Waals surface area (Å²) in [6, 6.07) is 1.12. The van der Waals surface area contributed by atoms with Gasteiger partial charge in [0, 0.05) is 49.6 Å². The van der Waals surface area contributed by atoms with Gasteiger partial charge in [-0.1, -0.05) is 0 Å². The molecule has 3 fully saturated rings. The molecule has 6 rings (SSSR count). The van der Waals surface area contributed by atoms with Crippen LogP contribution in [0.15, 0.2) is 6.07 Å². The maximum absolute atomic E-state index is 15.3. The summed E-state index contributed by atoms with van der Waals surface area (Å²) in [5.74, 6) is -0.569. The second-order valence-corrected chi connectivity index (χ2v) is 11.8. The Balaban J connectivity index is 1.36. The maximum Gasteiger partial charge on any atom is 0.417 e. The molecule has 8 nitrogen and oxygen atoms in total. The first-order chi connectivity index (χ1) is 19.4. The summed E-state index contributed by atoms with van der Waals surface area (Å²) in [6.45, 7) is 3.80. The zero-order valence-corrected chi connectivity index (χ0v) is 22.9. The second kappa shape index (κ2) is 10.5. The highest BCUT2D eigenvalue weighted by Gasteiger charge is 2.49. The van der Waals surface area contributed by atoms with Crippen LogP contribution < -0.4 is 21.1 Å². The molecule has 0 amide bonds. The zero-order chi connectivity index (χ0) is 29.1. The van der Waals surface area contributed by atoms with Crippen molar-refractivity contribution in [2.24, 2.45) is 5.73 Å². The summed E-state index contributed by atoms with van der Waals surface area (Å²) in [6.07, 6.45) is -3.50. The summed E-state index contributed by atoms with van der Waals surface area (Å²) in [7, 11) is 0. The number of fused-ring (bicyclic) bond motifs is 2. The Hall–Kier alpha value is -2.77. The average Bonchev–Trinajstić information content (AvgIpc) is 3.44. The molecule has 1 aromatic carbocycles. The highest BCUT2D eigenvalue weighted by molar-refractivity contribution is 5.55. The van der Waals surface area contributed by atoms with E-state index in [-0.39, 0.29) is 42.9 Å². The lowest BCUT2D eigenvalue weighted by molar-refractivity contribution is -0.140. The number of anilines is 2. The van der Waals surface area contributed by atoms with E-state index in [2.05, 4.69) is 14.8 Å². The van der Waals surface area contributed by atoms with E-state index in [1.807, 2.05) is 0 Å². The van der Waals surface area contributed by atoms with Crippen LogP contribution in [-0.2, 0) is 23.9 Å². The molecule has 224 valence electrons. The van der Waals surface area contributed by atoms with Crippen LogP contribution in [0.3, 0.4) is 0 Å². The van der Waals surface area contributed by atoms with Crippen molar-refractivity contribution < 1.29 is 31.4 Å². The van der Waals surface area contributed by atoms with Gasteiger partial charge in [0.15, 0.2) is 5.82 Å². The molecule has 0 saturated carbocycles. The topological polar surface area (TPSA) is 103 Å². The number of benzene rings is 1. The summed E-state index contributed by atoms with van der Waals surface area (Å²) in [5.41, 5.74) is 10.2. The van der Waals surface area contributed by atoms with Crippen LogP contribution in [0, 0.1) is 12.7 Å². The largest absolute Gasteiger partial charge is 0.461 e. The van der Waals surface area contributed by atoms with Gasteiger partial charge in [-0.2, -0.15) is 23.1 Å². The average molecular weight is 583 g/mol. The van der Waals surface area contributed by atoms with Crippen molar-refractivity contribution in [1.82, 2.24) is 14.9 Å². The highest BCUT2D eigenvalue weighted by atomic mass is 19.4. The summed E-state index contributed by atoms with van der Waals surface area (Å²) in [5, 5.41) is 0. The van der Waals surface area contributed by atoms with E-state index in [0.29, 0.717) is 43.1 Å². The molecule has 2 aromatic rings. The third-order valence-corrected chi connectivity index (χ3v) is 9.06. The van der Waals surface area contributed by atoms with Crippen molar-refractivity contribution in [3.63, 3.8) is 0 Å². The van der Waals surface area contributed by atoms with Crippen LogP contribution in [0.2, 0.25) is 0 Å². The van der Waals surface area contributed by atoms with Gasteiger partial charge in [0.2, 0.25) is 0 Å². The molecule has 0 bridgehead atoms. The fourth-order valence-corrected chi connectivity index (χ4v) is 7.03. The molecule has 4 N–H and O–H groups in total. The fourth-order valence-electron chi connectivity index (χ4n) is 7.03. The van der Waals surface area contributed by atoms with Crippen molar-refractivity contribution in [3.05, 3.63) is 39.8 Å². The minimum atomic E-state index is -4.81. The van der Waals surface area contributed by atoms with Crippen molar-refractivity contribution >= 4 is 11.5 Å². The van der Waals surface area contributed by atoms with Gasteiger partial charge in [0.1, 0.15) is 18.6 Å². The van der Waals surface area contributed by atoms with E-state index in [1.54, 1.807) is 0 Å². The number of aromatic nitrogens is 2. The predicted molar refractivity (Wildman–Crippen MR) is 142 cm³/mol. The van der Waals surface area contributed by atoms with Crippen molar-refractivity contribution in [3.8, 4) is 6.01 Å². The molecule has 3 unspecified atom stereocenters. The van der Waals surface area contributed by atoms with Gasteiger partial charge in [-0.3, -0.25) is 4.90 Å². The highest BCUT2D eigenvalue weighted by Crippen LogP contribution is 2.45. The minimum Gasteiger partial charge on any atom is -0.461 e. The number of aryl methyl sites for hydroxylation is 1. The number of ether oxygens (including phenoxy) is 2. The van der Waals surface area contributed by atoms with Crippen molar-refractivity contribution in [2.75, 3.05) is 43.4 Å². The molecule has 1 aromatic heterocycles. The Kier molecular flexibility index (Phi) is 7.26. The van der Waals surface area contributed by atoms with Crippen LogP contribution in [0.25, 0.3) is 0 Å². The zero-order valence-electron chi connectivity index (χ0n) is 22.9. The SMILES string of the molecule is Cc1cc(N)c(F)c(C2Cc3nc(OCC45CCCN4CC(F)C5)nc(N4CCC(N)CC4)c3CO2)c1C(F)(F)F. The molecule has 0 aliphatic carbocycles. The Morgan fingerprint density at radius 3 is 2.68 bits per heavy atom. The van der Waals surface area contributed by atoms with Crippen molar-refractivity contribution in [2.45, 2.75) is 82.1 Å². The Bertz CT molecular complexity index is 1320. The van der Waals surface area contributed by atoms with Gasteiger partial charge < -0.3 is 25.8 Å². The number of halogens is 5. The van der Waals surface area contributed by atoms with Crippen molar-refractivity contribution in [1.29, 1.82) is 0 Å². The fraction of sp³-hybridized carbons (Fsp3) is 0.643. The Morgan fingerprint density at radius 2 is 1.95 bits per heavy atom. The molecule has 0 radical (unpaired) electrons. The summed E-state index contributed by atoms with van der Waals surface area (Å²) >= 11 is 0. The number of hydrogen-bond donors (Lipinski definition) is 2. The number of nitrogens with zero attached hydrogens (tertiary/aromatic N) is 4. The number of alkyl halides is 4. The van der Waals surface area contributed by atoms with E-state index in [4.69, 9.17) is 25.9 Å². The molecule has 0 spiro atoms. The number of hydrogen-bond acceptors (Lipinski definition) is 8. The van der Waals surface area contributed by atoms with E-state index in [0.717, 1.165) is 38.3 Å². The first-order valence-corrected chi connectivity index (χ1v) is 14.1. The molecular weight excluding hydrogens is 547 g/mol. The molecule has 5 heterocycles. The minimum absolute atomic E-state index is 0.0677. The lowest BCUT2D eigenvalue weighted by Crippen LogP contribution is -2.44. The maximum atomic E-state index is 15.3. The molecule has 4 aliphatic heterocycles. The Morgan fingerprint density at radius 1 is 1.20 bits per heavy atom. The lowest BCUT2D eigenvalue weighted by atomic mass is 9.91. The van der Waals surface area contributed by atoms with Gasteiger partial charge in [0.25, 0.3) is 0 Å². The van der Waals surface area contributed by atoms with E-state index < -0.39 is 40.9 Å². The molecular formula is C28H35F5N6O2. The number of rotatable bonds is 5. The van der Waals surface area contributed by atoms with Gasteiger partial charge in [-0.25, -0.2) is 8.78 Å². The molecule has 4 aliphatic rings. The van der Waals surface area contributed by atoms with E-state index in [1.165, 1.54) is 6.92 Å². The van der Waals surface area contributed by atoms with Crippen LogP contribution in [0.1, 0.15) is 66.2 Å². The van der Waals surface area contributed by atoms with Crippen LogP contribution >= 0.6 is 0 Å². The van der Waals surface area contributed by atoms with Crippen LogP contribution in [0.4, 0.5) is 33.5 Å².